The van der Waals surface area contributed by atoms with E-state index >= 15 is 0 Å². The predicted molar refractivity (Wildman–Crippen MR) is 104 cm³/mol. The fourth-order valence-corrected chi connectivity index (χ4v) is 4.59. The van der Waals surface area contributed by atoms with Crippen molar-refractivity contribution in [2.75, 3.05) is 18.0 Å². The minimum Gasteiger partial charge on any atom is -0.353 e. The van der Waals surface area contributed by atoms with Crippen LogP contribution in [0.1, 0.15) is 31.7 Å². The fourth-order valence-electron chi connectivity index (χ4n) is 3.95. The Morgan fingerprint density at radius 3 is 2.92 bits per heavy atom. The molecule has 1 saturated heterocycles. The van der Waals surface area contributed by atoms with E-state index in [4.69, 9.17) is 5.73 Å². The van der Waals surface area contributed by atoms with Gasteiger partial charge < -0.3 is 15.2 Å². The summed E-state index contributed by atoms with van der Waals surface area (Å²) in [5, 5.41) is 1.66. The van der Waals surface area contributed by atoms with Gasteiger partial charge in [-0.05, 0) is 44.7 Å². The molecule has 0 spiro atoms. The molecule has 0 amide bonds. The molecule has 0 aliphatic carbocycles. The molecular formula is C19H25N3O3S. The highest BCUT2D eigenvalue weighted by Crippen LogP contribution is 2.34. The number of fused-ring (bicyclic) bond motifs is 1. The maximum Gasteiger partial charge on any atom is 0.187 e. The van der Waals surface area contributed by atoms with E-state index in [0.717, 1.165) is 48.0 Å². The van der Waals surface area contributed by atoms with Gasteiger partial charge in [0, 0.05) is 35.5 Å². The maximum absolute atomic E-state index is 12.1. The van der Waals surface area contributed by atoms with Gasteiger partial charge >= 0.3 is 0 Å². The lowest BCUT2D eigenvalue weighted by Gasteiger charge is -2.30. The van der Waals surface area contributed by atoms with Gasteiger partial charge in [0.05, 0.1) is 11.4 Å². The third kappa shape index (κ3) is 3.51. The van der Waals surface area contributed by atoms with Crippen molar-refractivity contribution in [2.45, 2.75) is 44.0 Å². The first-order chi connectivity index (χ1) is 12.4. The Morgan fingerprint density at radius 1 is 1.46 bits per heavy atom. The minimum absolute atomic E-state index is 0.00257. The molecule has 3 unspecified atom stereocenters. The van der Waals surface area contributed by atoms with Crippen LogP contribution < -0.4 is 10.6 Å². The number of Topliss-reactive ketones (excluding diaryl/α,β-unsaturated/α-hetero) is 1. The smallest absolute Gasteiger partial charge is 0.187 e. The highest BCUT2D eigenvalue weighted by molar-refractivity contribution is 7.79. The lowest BCUT2D eigenvalue weighted by molar-refractivity contribution is -0.121. The van der Waals surface area contributed by atoms with Crippen LogP contribution in [0.25, 0.3) is 10.8 Å². The average Bonchev–Trinajstić information content (AvgIpc) is 2.82. The Morgan fingerprint density at radius 2 is 2.23 bits per heavy atom. The van der Waals surface area contributed by atoms with E-state index in [2.05, 4.69) is 16.8 Å². The van der Waals surface area contributed by atoms with E-state index < -0.39 is 11.1 Å². The Hall–Kier alpha value is -1.83. The van der Waals surface area contributed by atoms with E-state index in [-0.39, 0.29) is 24.3 Å². The number of anilines is 1. The summed E-state index contributed by atoms with van der Waals surface area (Å²) < 4.78 is 21.4. The van der Waals surface area contributed by atoms with Crippen molar-refractivity contribution in [3.8, 4) is 0 Å². The number of aromatic nitrogens is 1. The number of ketones is 1. The standard InChI is InChI=1S/C19H25N3O3S/c1-12-11-21-19(15-6-3-7-17(18(12)15)26(24)25)22-8-4-5-14(9-13(22)2)16(23)10-20/h3,6-7,11,13-14H,4-5,8-10,20H2,1-2H3,(H,24,25). The molecule has 0 saturated carbocycles. The van der Waals surface area contributed by atoms with Crippen molar-refractivity contribution in [1.29, 1.82) is 0 Å². The lowest BCUT2D eigenvalue weighted by Crippen LogP contribution is -2.35. The fraction of sp³-hybridized carbons (Fsp3) is 0.474. The normalized spacial score (nSPS) is 22.2. The molecule has 0 radical (unpaired) electrons. The van der Waals surface area contributed by atoms with Crippen molar-refractivity contribution in [3.63, 3.8) is 0 Å². The number of hydrogen-bond acceptors (Lipinski definition) is 5. The Kier molecular flexibility index (Phi) is 5.70. The highest BCUT2D eigenvalue weighted by atomic mass is 32.2. The van der Waals surface area contributed by atoms with Crippen LogP contribution in [0.2, 0.25) is 0 Å². The van der Waals surface area contributed by atoms with Crippen LogP contribution in [-0.2, 0) is 15.9 Å². The molecule has 3 atom stereocenters. The first-order valence-electron chi connectivity index (χ1n) is 8.92. The molecule has 2 aromatic rings. The van der Waals surface area contributed by atoms with Crippen LogP contribution in [-0.4, -0.2) is 38.7 Å². The topological polar surface area (TPSA) is 96.5 Å². The molecule has 26 heavy (non-hydrogen) atoms. The number of carbonyl (C=O) groups is 1. The van der Waals surface area contributed by atoms with Crippen LogP contribution in [0, 0.1) is 12.8 Å². The second-order valence-corrected chi connectivity index (χ2v) is 7.92. The van der Waals surface area contributed by atoms with Gasteiger partial charge in [-0.1, -0.05) is 12.1 Å². The number of carbonyl (C=O) groups excluding carboxylic acids is 1. The molecule has 2 heterocycles. The van der Waals surface area contributed by atoms with Gasteiger partial charge in [-0.2, -0.15) is 0 Å². The van der Waals surface area contributed by atoms with E-state index in [1.54, 1.807) is 18.3 Å². The largest absolute Gasteiger partial charge is 0.353 e. The second kappa shape index (κ2) is 7.82. The quantitative estimate of drug-likeness (QED) is 0.798. The van der Waals surface area contributed by atoms with Gasteiger partial charge in [0.1, 0.15) is 11.6 Å². The number of nitrogens with two attached hydrogens (primary N) is 1. The van der Waals surface area contributed by atoms with Crippen LogP contribution in [0.15, 0.2) is 29.3 Å². The van der Waals surface area contributed by atoms with Crippen molar-refractivity contribution in [1.82, 2.24) is 4.98 Å². The lowest BCUT2D eigenvalue weighted by atomic mass is 9.93. The zero-order valence-electron chi connectivity index (χ0n) is 15.1. The average molecular weight is 375 g/mol. The van der Waals surface area contributed by atoms with Crippen molar-refractivity contribution in [3.05, 3.63) is 30.0 Å². The third-order valence-electron chi connectivity index (χ3n) is 5.27. The molecule has 1 aromatic heterocycles. The number of nitrogens with zero attached hydrogens (tertiary/aromatic N) is 2. The molecule has 0 bridgehead atoms. The number of hydrogen-bond donors (Lipinski definition) is 2. The summed E-state index contributed by atoms with van der Waals surface area (Å²) in [6, 6.07) is 5.55. The molecule has 3 N–H and O–H groups in total. The summed E-state index contributed by atoms with van der Waals surface area (Å²) in [5.74, 6) is 0.932. The van der Waals surface area contributed by atoms with Gasteiger partial charge in [-0.15, -0.1) is 0 Å². The van der Waals surface area contributed by atoms with E-state index in [1.807, 2.05) is 13.0 Å². The summed E-state index contributed by atoms with van der Waals surface area (Å²) in [4.78, 5) is 19.3. The molecule has 140 valence electrons. The van der Waals surface area contributed by atoms with Gasteiger partial charge in [0.15, 0.2) is 11.1 Å². The number of benzene rings is 1. The monoisotopic (exact) mass is 375 g/mol. The van der Waals surface area contributed by atoms with Crippen molar-refractivity contribution in [2.24, 2.45) is 11.7 Å². The Labute approximate surface area is 156 Å². The summed E-state index contributed by atoms with van der Waals surface area (Å²) >= 11 is -2.06. The number of rotatable bonds is 4. The predicted octanol–water partition coefficient (Wildman–Crippen LogP) is 2.65. The van der Waals surface area contributed by atoms with Gasteiger partial charge in [-0.25, -0.2) is 9.19 Å². The van der Waals surface area contributed by atoms with Crippen molar-refractivity contribution < 1.29 is 13.6 Å². The molecular weight excluding hydrogens is 350 g/mol. The van der Waals surface area contributed by atoms with Gasteiger partial charge in [0.25, 0.3) is 0 Å². The molecule has 6 nitrogen and oxygen atoms in total. The summed E-state index contributed by atoms with van der Waals surface area (Å²) in [5.41, 5.74) is 6.43. The molecule has 7 heteroatoms. The van der Waals surface area contributed by atoms with Crippen LogP contribution in [0.3, 0.4) is 0 Å². The molecule has 1 aromatic carbocycles. The van der Waals surface area contributed by atoms with E-state index in [0.29, 0.717) is 4.90 Å². The summed E-state index contributed by atoms with van der Waals surface area (Å²) in [6.45, 7) is 4.89. The van der Waals surface area contributed by atoms with Gasteiger partial charge in [-0.3, -0.25) is 4.79 Å². The van der Waals surface area contributed by atoms with Crippen LogP contribution >= 0.6 is 0 Å². The number of aryl methyl sites for hydroxylation is 1. The highest BCUT2D eigenvalue weighted by Gasteiger charge is 2.28. The Balaban J connectivity index is 2.05. The zero-order valence-corrected chi connectivity index (χ0v) is 16.0. The van der Waals surface area contributed by atoms with Crippen LogP contribution in [0.4, 0.5) is 5.82 Å². The first kappa shape index (κ1) is 18.9. The molecule has 1 aliphatic rings. The summed E-state index contributed by atoms with van der Waals surface area (Å²) in [7, 11) is 0. The SMILES string of the molecule is Cc1cnc(N2CCCC(C(=O)CN)CC2C)c2cccc(S(=O)O)c12. The van der Waals surface area contributed by atoms with Crippen LogP contribution in [0.5, 0.6) is 0 Å². The van der Waals surface area contributed by atoms with Crippen molar-refractivity contribution >= 4 is 33.5 Å². The Bertz CT molecular complexity index is 855. The molecule has 1 fully saturated rings. The third-order valence-corrected chi connectivity index (χ3v) is 5.98. The second-order valence-electron chi connectivity index (χ2n) is 6.98. The molecule has 3 rings (SSSR count). The minimum atomic E-state index is -2.06. The zero-order chi connectivity index (χ0) is 18.8. The van der Waals surface area contributed by atoms with Gasteiger partial charge in [0.2, 0.25) is 0 Å². The summed E-state index contributed by atoms with van der Waals surface area (Å²) in [6.07, 6.45) is 4.24. The van der Waals surface area contributed by atoms with E-state index in [1.165, 1.54) is 0 Å². The number of pyridine rings is 1. The first-order valence-corrected chi connectivity index (χ1v) is 10.0. The molecule has 1 aliphatic heterocycles. The maximum atomic E-state index is 12.1. The van der Waals surface area contributed by atoms with E-state index in [9.17, 15) is 13.6 Å².